The van der Waals surface area contributed by atoms with Gasteiger partial charge in [-0.1, -0.05) is 18.2 Å². The number of fused-ring (bicyclic) bond motifs is 1. The molecule has 2 aromatic heterocycles. The van der Waals surface area contributed by atoms with Crippen LogP contribution in [0, 0.1) is 0 Å². The van der Waals surface area contributed by atoms with E-state index in [9.17, 15) is 9.59 Å². The Kier molecular flexibility index (Phi) is 7.67. The molecule has 0 fully saturated rings. The maximum absolute atomic E-state index is 13.0. The first-order valence-electron chi connectivity index (χ1n) is 11.3. The molecular formula is C25H28N6O3. The van der Waals surface area contributed by atoms with E-state index in [1.165, 1.54) is 0 Å². The number of nitrogens with zero attached hydrogens (tertiary/aromatic N) is 4. The molecule has 2 heterocycles. The van der Waals surface area contributed by atoms with Crippen LogP contribution in [0.15, 0.2) is 67.3 Å². The molecule has 2 N–H and O–H groups in total. The van der Waals surface area contributed by atoms with Crippen LogP contribution < -0.4 is 10.6 Å². The van der Waals surface area contributed by atoms with Gasteiger partial charge in [-0.05, 0) is 43.7 Å². The van der Waals surface area contributed by atoms with Crippen LogP contribution in [-0.4, -0.2) is 44.1 Å². The Bertz CT molecular complexity index is 1250. The van der Waals surface area contributed by atoms with Gasteiger partial charge in [0.05, 0.1) is 17.4 Å². The summed E-state index contributed by atoms with van der Waals surface area (Å²) in [5, 5.41) is 5.78. The average molecular weight is 461 g/mol. The number of aryl methyl sites for hydroxylation is 2. The number of rotatable bonds is 11. The van der Waals surface area contributed by atoms with E-state index in [-0.39, 0.29) is 11.8 Å². The summed E-state index contributed by atoms with van der Waals surface area (Å²) in [6.07, 6.45) is 6.26. The molecule has 0 saturated heterocycles. The fraction of sp³-hybridized carbons (Fsp3) is 0.280. The molecular weight excluding hydrogens is 432 g/mol. The van der Waals surface area contributed by atoms with E-state index < -0.39 is 0 Å². The van der Waals surface area contributed by atoms with Gasteiger partial charge in [0.2, 0.25) is 11.9 Å². The van der Waals surface area contributed by atoms with E-state index in [2.05, 4.69) is 20.6 Å². The number of hydrogen-bond acceptors (Lipinski definition) is 5. The van der Waals surface area contributed by atoms with Crippen LogP contribution in [-0.2, 0) is 22.6 Å². The van der Waals surface area contributed by atoms with Gasteiger partial charge in [-0.15, -0.1) is 0 Å². The van der Waals surface area contributed by atoms with Gasteiger partial charge in [0.1, 0.15) is 0 Å². The number of carbonyl (C=O) groups is 2. The van der Waals surface area contributed by atoms with Crippen molar-refractivity contribution in [3.8, 4) is 0 Å². The predicted octanol–water partition coefficient (Wildman–Crippen LogP) is 3.94. The van der Waals surface area contributed by atoms with Crippen molar-refractivity contribution in [2.24, 2.45) is 0 Å². The van der Waals surface area contributed by atoms with Gasteiger partial charge in [0.25, 0.3) is 5.91 Å². The lowest BCUT2D eigenvalue weighted by Crippen LogP contribution is -2.18. The molecule has 0 atom stereocenters. The van der Waals surface area contributed by atoms with Crippen LogP contribution in [0.5, 0.6) is 0 Å². The van der Waals surface area contributed by atoms with Gasteiger partial charge in [-0.3, -0.25) is 14.9 Å². The monoisotopic (exact) mass is 460 g/mol. The Morgan fingerprint density at radius 1 is 1.06 bits per heavy atom. The SMILES string of the molecule is CCOCCCn1c(NC(=O)c2cccc(NC(=O)CCn3ccnc3)c2)nc2ccccc21. The topological polar surface area (TPSA) is 103 Å². The lowest BCUT2D eigenvalue weighted by molar-refractivity contribution is -0.116. The van der Waals surface area contributed by atoms with Gasteiger partial charge in [-0.2, -0.15) is 0 Å². The minimum Gasteiger partial charge on any atom is -0.382 e. The van der Waals surface area contributed by atoms with Crippen LogP contribution in [0.25, 0.3) is 11.0 Å². The molecule has 0 aliphatic rings. The Morgan fingerprint density at radius 3 is 2.76 bits per heavy atom. The van der Waals surface area contributed by atoms with E-state index in [4.69, 9.17) is 4.74 Å². The molecule has 0 unspecified atom stereocenters. The highest BCUT2D eigenvalue weighted by molar-refractivity contribution is 6.05. The number of carbonyl (C=O) groups excluding carboxylic acids is 2. The summed E-state index contributed by atoms with van der Waals surface area (Å²) in [4.78, 5) is 33.9. The number of para-hydroxylation sites is 2. The molecule has 0 spiro atoms. The van der Waals surface area contributed by atoms with Crippen molar-refractivity contribution < 1.29 is 14.3 Å². The first-order chi connectivity index (χ1) is 16.6. The number of imidazole rings is 2. The van der Waals surface area contributed by atoms with E-state index in [1.807, 2.05) is 46.5 Å². The van der Waals surface area contributed by atoms with Gasteiger partial charge in [-0.25, -0.2) is 9.97 Å². The lowest BCUT2D eigenvalue weighted by atomic mass is 10.2. The van der Waals surface area contributed by atoms with Crippen LogP contribution in [0.3, 0.4) is 0 Å². The maximum atomic E-state index is 13.0. The maximum Gasteiger partial charge on any atom is 0.258 e. The lowest BCUT2D eigenvalue weighted by Gasteiger charge is -2.11. The van der Waals surface area contributed by atoms with Crippen LogP contribution in [0.4, 0.5) is 11.6 Å². The summed E-state index contributed by atoms with van der Waals surface area (Å²) in [6.45, 7) is 4.48. The second kappa shape index (κ2) is 11.2. The van der Waals surface area contributed by atoms with E-state index in [0.717, 1.165) is 17.5 Å². The highest BCUT2D eigenvalue weighted by Gasteiger charge is 2.15. The number of hydrogen-bond donors (Lipinski definition) is 2. The number of aromatic nitrogens is 4. The highest BCUT2D eigenvalue weighted by Crippen LogP contribution is 2.21. The van der Waals surface area contributed by atoms with Crippen molar-refractivity contribution in [3.63, 3.8) is 0 Å². The first kappa shape index (κ1) is 23.2. The molecule has 9 heteroatoms. The molecule has 0 aliphatic heterocycles. The summed E-state index contributed by atoms with van der Waals surface area (Å²) in [6, 6.07) is 14.6. The smallest absolute Gasteiger partial charge is 0.258 e. The molecule has 4 aromatic rings. The molecule has 0 radical (unpaired) electrons. The second-order valence-electron chi connectivity index (χ2n) is 7.76. The van der Waals surface area contributed by atoms with Crippen molar-refractivity contribution in [1.82, 2.24) is 19.1 Å². The Balaban J connectivity index is 1.43. The fourth-order valence-corrected chi connectivity index (χ4v) is 3.65. The van der Waals surface area contributed by atoms with Crippen molar-refractivity contribution in [2.45, 2.75) is 32.9 Å². The van der Waals surface area contributed by atoms with Crippen LogP contribution in [0.2, 0.25) is 0 Å². The summed E-state index contributed by atoms with van der Waals surface area (Å²) >= 11 is 0. The normalized spacial score (nSPS) is 11.0. The third-order valence-electron chi connectivity index (χ3n) is 5.32. The van der Waals surface area contributed by atoms with Gasteiger partial charge in [0, 0.05) is 56.4 Å². The second-order valence-corrected chi connectivity index (χ2v) is 7.76. The van der Waals surface area contributed by atoms with E-state index in [0.29, 0.717) is 49.9 Å². The first-order valence-corrected chi connectivity index (χ1v) is 11.3. The molecule has 2 amide bonds. The summed E-state index contributed by atoms with van der Waals surface area (Å²) in [7, 11) is 0. The third kappa shape index (κ3) is 5.87. The molecule has 0 saturated carbocycles. The summed E-state index contributed by atoms with van der Waals surface area (Å²) in [5.41, 5.74) is 2.76. The van der Waals surface area contributed by atoms with Crippen LogP contribution in [0.1, 0.15) is 30.1 Å². The van der Waals surface area contributed by atoms with Crippen molar-refractivity contribution in [3.05, 3.63) is 72.8 Å². The van der Waals surface area contributed by atoms with Crippen LogP contribution >= 0.6 is 0 Å². The van der Waals surface area contributed by atoms with Crippen molar-refractivity contribution in [2.75, 3.05) is 23.8 Å². The molecule has 176 valence electrons. The predicted molar refractivity (Wildman–Crippen MR) is 131 cm³/mol. The minimum atomic E-state index is -0.295. The fourth-order valence-electron chi connectivity index (χ4n) is 3.65. The zero-order valence-corrected chi connectivity index (χ0v) is 19.1. The standard InChI is InChI=1S/C25H28N6O3/c1-2-34-16-6-13-31-22-10-4-3-9-21(22)28-25(31)29-24(33)19-7-5-8-20(17-19)27-23(32)11-14-30-15-12-26-18-30/h3-5,7-10,12,15,17-18H,2,6,11,13-14,16H2,1H3,(H,27,32)(H,28,29,33). The quantitative estimate of drug-likeness (QED) is 0.330. The highest BCUT2D eigenvalue weighted by atomic mass is 16.5. The largest absolute Gasteiger partial charge is 0.382 e. The van der Waals surface area contributed by atoms with E-state index >= 15 is 0 Å². The molecule has 2 aromatic carbocycles. The number of nitrogens with one attached hydrogen (secondary N) is 2. The Hall–Kier alpha value is -3.98. The number of anilines is 2. The van der Waals surface area contributed by atoms with Crippen molar-refractivity contribution >= 4 is 34.5 Å². The molecule has 4 rings (SSSR count). The molecule has 0 bridgehead atoms. The number of amides is 2. The zero-order chi connectivity index (χ0) is 23.8. The molecule has 0 aliphatic carbocycles. The average Bonchev–Trinajstić information content (AvgIpc) is 3.49. The number of ether oxygens (including phenoxy) is 1. The van der Waals surface area contributed by atoms with Gasteiger partial charge < -0.3 is 19.2 Å². The van der Waals surface area contributed by atoms with Crippen molar-refractivity contribution in [1.29, 1.82) is 0 Å². The van der Waals surface area contributed by atoms with Gasteiger partial charge >= 0.3 is 0 Å². The molecule has 34 heavy (non-hydrogen) atoms. The molecule has 9 nitrogen and oxygen atoms in total. The minimum absolute atomic E-state index is 0.137. The van der Waals surface area contributed by atoms with E-state index in [1.54, 1.807) is 36.8 Å². The van der Waals surface area contributed by atoms with Gasteiger partial charge in [0.15, 0.2) is 0 Å². The third-order valence-corrected chi connectivity index (χ3v) is 5.32. The zero-order valence-electron chi connectivity index (χ0n) is 19.1. The Labute approximate surface area is 197 Å². The summed E-state index contributed by atoms with van der Waals surface area (Å²) < 4.78 is 9.29. The summed E-state index contributed by atoms with van der Waals surface area (Å²) in [5.74, 6) is 0.0516. The number of benzene rings is 2. The Morgan fingerprint density at radius 2 is 1.94 bits per heavy atom.